The van der Waals surface area contributed by atoms with Gasteiger partial charge in [0.15, 0.2) is 0 Å². The fourth-order valence-corrected chi connectivity index (χ4v) is 1.09. The maximum atomic E-state index is 10.3. The largest absolute Gasteiger partial charge is 0.480 e. The summed E-state index contributed by atoms with van der Waals surface area (Å²) in [6.45, 7) is 2.16. The SMILES string of the molecule is CCCCCCC[C@H](N)C(=O)O. The summed E-state index contributed by atoms with van der Waals surface area (Å²) in [5.74, 6) is -0.884. The van der Waals surface area contributed by atoms with Crippen LogP contribution in [0.2, 0.25) is 0 Å². The van der Waals surface area contributed by atoms with Gasteiger partial charge in [0, 0.05) is 0 Å². The monoisotopic (exact) mass is 173 g/mol. The van der Waals surface area contributed by atoms with Crippen molar-refractivity contribution in [1.29, 1.82) is 0 Å². The highest BCUT2D eigenvalue weighted by Crippen LogP contribution is 2.06. The average molecular weight is 173 g/mol. The predicted octanol–water partition coefficient (Wildman–Crippen LogP) is 1.76. The molecule has 0 fully saturated rings. The first-order valence-corrected chi connectivity index (χ1v) is 4.67. The van der Waals surface area contributed by atoms with Gasteiger partial charge in [-0.2, -0.15) is 0 Å². The number of carboxylic acid groups (broad SMARTS) is 1. The summed E-state index contributed by atoms with van der Waals surface area (Å²) in [6, 6.07) is -0.661. The van der Waals surface area contributed by atoms with E-state index in [-0.39, 0.29) is 0 Å². The molecule has 0 aliphatic rings. The summed E-state index contributed by atoms with van der Waals surface area (Å²) in [7, 11) is 0. The Labute approximate surface area is 74.0 Å². The molecule has 0 unspecified atom stereocenters. The molecule has 0 spiro atoms. The Hall–Kier alpha value is -0.570. The maximum Gasteiger partial charge on any atom is 0.320 e. The van der Waals surface area contributed by atoms with Gasteiger partial charge in [-0.1, -0.05) is 39.0 Å². The summed E-state index contributed by atoms with van der Waals surface area (Å²) in [4.78, 5) is 10.3. The topological polar surface area (TPSA) is 63.3 Å². The zero-order valence-corrected chi connectivity index (χ0v) is 7.75. The predicted molar refractivity (Wildman–Crippen MR) is 49.0 cm³/mol. The highest BCUT2D eigenvalue weighted by atomic mass is 16.4. The van der Waals surface area contributed by atoms with E-state index in [9.17, 15) is 4.79 Å². The third-order valence-electron chi connectivity index (χ3n) is 1.94. The number of carboxylic acids is 1. The van der Waals surface area contributed by atoms with Crippen molar-refractivity contribution in [3.63, 3.8) is 0 Å². The number of hydrogen-bond acceptors (Lipinski definition) is 2. The minimum atomic E-state index is -0.884. The number of carbonyl (C=O) groups is 1. The average Bonchev–Trinajstić information content (AvgIpc) is 2.03. The van der Waals surface area contributed by atoms with Gasteiger partial charge in [-0.25, -0.2) is 0 Å². The van der Waals surface area contributed by atoms with Crippen LogP contribution in [0, 0.1) is 0 Å². The van der Waals surface area contributed by atoms with E-state index in [0.717, 1.165) is 12.8 Å². The molecule has 3 nitrogen and oxygen atoms in total. The van der Waals surface area contributed by atoms with Crippen molar-refractivity contribution in [2.45, 2.75) is 51.5 Å². The van der Waals surface area contributed by atoms with Crippen molar-refractivity contribution in [2.75, 3.05) is 0 Å². The van der Waals surface area contributed by atoms with Gasteiger partial charge in [0.25, 0.3) is 0 Å². The van der Waals surface area contributed by atoms with Crippen molar-refractivity contribution < 1.29 is 9.90 Å². The zero-order chi connectivity index (χ0) is 9.40. The second kappa shape index (κ2) is 7.10. The summed E-state index contributed by atoms with van der Waals surface area (Å²) in [5.41, 5.74) is 5.33. The molecular weight excluding hydrogens is 154 g/mol. The highest BCUT2D eigenvalue weighted by Gasteiger charge is 2.09. The lowest BCUT2D eigenvalue weighted by atomic mass is 10.1. The normalized spacial score (nSPS) is 12.8. The molecule has 1 atom stereocenters. The minimum absolute atomic E-state index is 0.610. The number of unbranched alkanes of at least 4 members (excludes halogenated alkanes) is 4. The molecule has 0 aliphatic carbocycles. The van der Waals surface area contributed by atoms with Crippen molar-refractivity contribution >= 4 is 5.97 Å². The molecule has 0 radical (unpaired) electrons. The molecule has 0 aliphatic heterocycles. The molecule has 12 heavy (non-hydrogen) atoms. The number of rotatable bonds is 7. The van der Waals surface area contributed by atoms with Crippen molar-refractivity contribution in [1.82, 2.24) is 0 Å². The summed E-state index contributed by atoms with van der Waals surface area (Å²) >= 11 is 0. The van der Waals surface area contributed by atoms with E-state index < -0.39 is 12.0 Å². The van der Waals surface area contributed by atoms with Crippen LogP contribution in [-0.4, -0.2) is 17.1 Å². The van der Waals surface area contributed by atoms with E-state index >= 15 is 0 Å². The van der Waals surface area contributed by atoms with Crippen LogP contribution in [0.25, 0.3) is 0 Å². The molecule has 0 amide bonds. The zero-order valence-electron chi connectivity index (χ0n) is 7.75. The van der Waals surface area contributed by atoms with Crippen LogP contribution in [0.1, 0.15) is 45.4 Å². The van der Waals surface area contributed by atoms with Gasteiger partial charge in [0.2, 0.25) is 0 Å². The van der Waals surface area contributed by atoms with Gasteiger partial charge in [0.1, 0.15) is 6.04 Å². The quantitative estimate of drug-likeness (QED) is 0.576. The molecule has 3 N–H and O–H groups in total. The fourth-order valence-electron chi connectivity index (χ4n) is 1.09. The van der Waals surface area contributed by atoms with E-state index in [1.807, 2.05) is 0 Å². The smallest absolute Gasteiger partial charge is 0.320 e. The Kier molecular flexibility index (Phi) is 6.76. The second-order valence-corrected chi connectivity index (χ2v) is 3.15. The van der Waals surface area contributed by atoms with Gasteiger partial charge in [0.05, 0.1) is 0 Å². The number of aliphatic carboxylic acids is 1. The van der Waals surface area contributed by atoms with Gasteiger partial charge in [-0.3, -0.25) is 4.79 Å². The minimum Gasteiger partial charge on any atom is -0.480 e. The lowest BCUT2D eigenvalue weighted by molar-refractivity contribution is -0.138. The number of nitrogens with two attached hydrogens (primary N) is 1. The molecular formula is C9H19NO2. The van der Waals surface area contributed by atoms with Crippen LogP contribution in [0.5, 0.6) is 0 Å². The maximum absolute atomic E-state index is 10.3. The van der Waals surface area contributed by atoms with Crippen LogP contribution < -0.4 is 5.73 Å². The summed E-state index contributed by atoms with van der Waals surface area (Å²) < 4.78 is 0. The van der Waals surface area contributed by atoms with Gasteiger partial charge >= 0.3 is 5.97 Å². The van der Waals surface area contributed by atoms with Crippen molar-refractivity contribution in [2.24, 2.45) is 5.73 Å². The summed E-state index contributed by atoms with van der Waals surface area (Å²) in [5, 5.41) is 8.46. The van der Waals surface area contributed by atoms with E-state index in [1.165, 1.54) is 19.3 Å². The number of hydrogen-bond donors (Lipinski definition) is 2. The fraction of sp³-hybridized carbons (Fsp3) is 0.889. The molecule has 0 heterocycles. The molecule has 0 saturated carbocycles. The lowest BCUT2D eigenvalue weighted by Gasteiger charge is -2.04. The van der Waals surface area contributed by atoms with Crippen LogP contribution in [0.15, 0.2) is 0 Å². The van der Waals surface area contributed by atoms with E-state index in [2.05, 4.69) is 6.92 Å². The molecule has 0 saturated heterocycles. The lowest BCUT2D eigenvalue weighted by Crippen LogP contribution is -2.29. The van der Waals surface area contributed by atoms with Crippen LogP contribution >= 0.6 is 0 Å². The Morgan fingerprint density at radius 2 is 1.92 bits per heavy atom. The van der Waals surface area contributed by atoms with E-state index in [1.54, 1.807) is 0 Å². The molecule has 0 aromatic carbocycles. The first-order valence-electron chi connectivity index (χ1n) is 4.67. The molecule has 0 bridgehead atoms. The molecule has 0 aromatic rings. The van der Waals surface area contributed by atoms with Gasteiger partial charge in [-0.15, -0.1) is 0 Å². The highest BCUT2D eigenvalue weighted by molar-refractivity contribution is 5.72. The van der Waals surface area contributed by atoms with E-state index in [0.29, 0.717) is 6.42 Å². The standard InChI is InChI=1S/C9H19NO2/c1-2-3-4-5-6-7-8(10)9(11)12/h8H,2-7,10H2,1H3,(H,11,12)/t8-/m0/s1. The van der Waals surface area contributed by atoms with Gasteiger partial charge in [-0.05, 0) is 6.42 Å². The van der Waals surface area contributed by atoms with Crippen LogP contribution in [0.4, 0.5) is 0 Å². The Morgan fingerprint density at radius 1 is 1.33 bits per heavy atom. The van der Waals surface area contributed by atoms with Crippen molar-refractivity contribution in [3.8, 4) is 0 Å². The van der Waals surface area contributed by atoms with E-state index in [4.69, 9.17) is 10.8 Å². The third kappa shape index (κ3) is 6.16. The molecule has 3 heteroatoms. The van der Waals surface area contributed by atoms with Gasteiger partial charge < -0.3 is 10.8 Å². The molecule has 72 valence electrons. The van der Waals surface area contributed by atoms with Crippen LogP contribution in [-0.2, 0) is 4.79 Å². The Morgan fingerprint density at radius 3 is 2.42 bits per heavy atom. The Bertz CT molecular complexity index is 126. The first-order chi connectivity index (χ1) is 5.68. The molecule has 0 aromatic heterocycles. The Balaban J connectivity index is 3.14. The first kappa shape index (κ1) is 11.4. The summed E-state index contributed by atoms with van der Waals surface area (Å²) in [6.07, 6.45) is 6.30. The second-order valence-electron chi connectivity index (χ2n) is 3.15. The molecule has 0 rings (SSSR count). The van der Waals surface area contributed by atoms with Crippen LogP contribution in [0.3, 0.4) is 0 Å². The van der Waals surface area contributed by atoms with Crippen molar-refractivity contribution in [3.05, 3.63) is 0 Å². The third-order valence-corrected chi connectivity index (χ3v) is 1.94.